The van der Waals surface area contributed by atoms with Gasteiger partial charge in [0.1, 0.15) is 4.21 Å². The molecule has 0 radical (unpaired) electrons. The number of thiazole rings is 1. The van der Waals surface area contributed by atoms with Gasteiger partial charge >= 0.3 is 6.09 Å². The molecular weight excluding hydrogens is 418 g/mol. The highest BCUT2D eigenvalue weighted by molar-refractivity contribution is 7.91. The van der Waals surface area contributed by atoms with Crippen LogP contribution in [-0.2, 0) is 10.0 Å². The number of thiophene rings is 1. The number of hydrogen-bond acceptors (Lipinski definition) is 6. The minimum atomic E-state index is -3.52. The van der Waals surface area contributed by atoms with E-state index in [4.69, 9.17) is 5.11 Å². The predicted molar refractivity (Wildman–Crippen MR) is 111 cm³/mol. The highest BCUT2D eigenvalue weighted by Gasteiger charge is 2.28. The van der Waals surface area contributed by atoms with Crippen LogP contribution in [0.3, 0.4) is 0 Å². The third kappa shape index (κ3) is 5.11. The zero-order valence-electron chi connectivity index (χ0n) is 15.9. The van der Waals surface area contributed by atoms with Crippen LogP contribution < -0.4 is 5.32 Å². The quantitative estimate of drug-likeness (QED) is 0.677. The SMILES string of the molecule is Cc1nc(-c2ccc(S(=O)(=O)N(C)CC3CCC(CNC(=O)O)CC3)s2)cs1. The number of carboxylic acid groups (broad SMARTS) is 1. The average Bonchev–Trinajstić information content (AvgIpc) is 3.30. The fourth-order valence-electron chi connectivity index (χ4n) is 3.54. The van der Waals surface area contributed by atoms with Crippen molar-refractivity contribution in [3.8, 4) is 10.6 Å². The van der Waals surface area contributed by atoms with Crippen LogP contribution in [0.1, 0.15) is 30.7 Å². The van der Waals surface area contributed by atoms with Gasteiger partial charge in [0.25, 0.3) is 10.0 Å². The van der Waals surface area contributed by atoms with Crippen LogP contribution in [0.25, 0.3) is 10.6 Å². The molecule has 1 aliphatic rings. The molecule has 0 atom stereocenters. The molecule has 10 heteroatoms. The molecule has 0 aliphatic heterocycles. The summed E-state index contributed by atoms with van der Waals surface area (Å²) in [6, 6.07) is 3.48. The Bertz CT molecular complexity index is 914. The number of hydrogen-bond donors (Lipinski definition) is 2. The summed E-state index contributed by atoms with van der Waals surface area (Å²) in [4.78, 5) is 15.9. The van der Waals surface area contributed by atoms with Crippen molar-refractivity contribution in [2.24, 2.45) is 11.8 Å². The van der Waals surface area contributed by atoms with Crippen molar-refractivity contribution in [1.29, 1.82) is 0 Å². The van der Waals surface area contributed by atoms with Gasteiger partial charge in [0.15, 0.2) is 0 Å². The molecule has 1 aliphatic carbocycles. The van der Waals surface area contributed by atoms with Crippen molar-refractivity contribution in [2.45, 2.75) is 36.8 Å². The first-order chi connectivity index (χ1) is 13.3. The molecular formula is C18H25N3O4S3. The first-order valence-electron chi connectivity index (χ1n) is 9.21. The molecule has 2 heterocycles. The molecule has 0 aromatic carbocycles. The maximum absolute atomic E-state index is 12.9. The fraction of sp³-hybridized carbons (Fsp3) is 0.556. The van der Waals surface area contributed by atoms with E-state index in [9.17, 15) is 13.2 Å². The smallest absolute Gasteiger partial charge is 0.404 e. The summed E-state index contributed by atoms with van der Waals surface area (Å²) in [5.41, 5.74) is 0.824. The van der Waals surface area contributed by atoms with Gasteiger partial charge < -0.3 is 10.4 Å². The normalized spacial score (nSPS) is 20.4. The average molecular weight is 444 g/mol. The summed E-state index contributed by atoms with van der Waals surface area (Å²) >= 11 is 2.81. The molecule has 1 amide bonds. The zero-order valence-corrected chi connectivity index (χ0v) is 18.4. The van der Waals surface area contributed by atoms with Crippen molar-refractivity contribution in [3.63, 3.8) is 0 Å². The summed E-state index contributed by atoms with van der Waals surface area (Å²) in [6.07, 6.45) is 2.69. The van der Waals surface area contributed by atoms with Crippen LogP contribution in [0, 0.1) is 18.8 Å². The Morgan fingerprint density at radius 3 is 2.57 bits per heavy atom. The Kier molecular flexibility index (Phi) is 6.74. The molecule has 2 aromatic rings. The second-order valence-corrected chi connectivity index (χ2v) is 11.6. The molecule has 3 rings (SSSR count). The van der Waals surface area contributed by atoms with Crippen molar-refractivity contribution in [2.75, 3.05) is 20.1 Å². The zero-order chi connectivity index (χ0) is 20.3. The Hall–Kier alpha value is -1.49. The molecule has 2 aromatic heterocycles. The Labute approximate surface area is 173 Å². The van der Waals surface area contributed by atoms with Gasteiger partial charge in [-0.2, -0.15) is 4.31 Å². The van der Waals surface area contributed by atoms with E-state index in [1.54, 1.807) is 24.5 Å². The van der Waals surface area contributed by atoms with E-state index in [0.717, 1.165) is 41.3 Å². The lowest BCUT2D eigenvalue weighted by molar-refractivity contribution is 0.186. The van der Waals surface area contributed by atoms with E-state index in [-0.39, 0.29) is 0 Å². The van der Waals surface area contributed by atoms with E-state index in [2.05, 4.69) is 10.3 Å². The van der Waals surface area contributed by atoms with Crippen LogP contribution >= 0.6 is 22.7 Å². The van der Waals surface area contributed by atoms with Crippen molar-refractivity contribution >= 4 is 38.8 Å². The number of carbonyl (C=O) groups is 1. The number of amides is 1. The lowest BCUT2D eigenvalue weighted by Gasteiger charge is -2.30. The monoisotopic (exact) mass is 443 g/mol. The molecule has 0 spiro atoms. The minimum absolute atomic E-state index is 0.307. The first kappa shape index (κ1) is 21.2. The predicted octanol–water partition coefficient (Wildman–Crippen LogP) is 3.87. The fourth-order valence-corrected chi connectivity index (χ4v) is 6.95. The number of aromatic nitrogens is 1. The molecule has 0 unspecified atom stereocenters. The van der Waals surface area contributed by atoms with Gasteiger partial charge in [0, 0.05) is 25.5 Å². The molecule has 0 saturated heterocycles. The van der Waals surface area contributed by atoms with E-state index in [1.165, 1.54) is 15.6 Å². The third-order valence-corrected chi connectivity index (χ3v) is 9.31. The maximum Gasteiger partial charge on any atom is 0.404 e. The van der Waals surface area contributed by atoms with Gasteiger partial charge in [-0.3, -0.25) is 0 Å². The number of nitrogens with zero attached hydrogens (tertiary/aromatic N) is 2. The van der Waals surface area contributed by atoms with Gasteiger partial charge in [-0.15, -0.1) is 22.7 Å². The van der Waals surface area contributed by atoms with Crippen molar-refractivity contribution in [1.82, 2.24) is 14.6 Å². The number of aryl methyl sites for hydroxylation is 1. The second-order valence-electron chi connectivity index (χ2n) is 7.23. The summed E-state index contributed by atoms with van der Waals surface area (Å²) in [5, 5.41) is 14.0. The van der Waals surface area contributed by atoms with Crippen LogP contribution in [0.4, 0.5) is 4.79 Å². The van der Waals surface area contributed by atoms with Crippen LogP contribution in [0.5, 0.6) is 0 Å². The van der Waals surface area contributed by atoms with Gasteiger partial charge in [0.05, 0.1) is 15.6 Å². The Morgan fingerprint density at radius 1 is 1.29 bits per heavy atom. The number of rotatable bonds is 7. The van der Waals surface area contributed by atoms with E-state index < -0.39 is 16.1 Å². The standard InChI is InChI=1S/C18H25N3O4S3/c1-12-20-15(11-26-12)16-7-8-17(27-16)28(24,25)21(2)10-14-5-3-13(4-6-14)9-19-18(22)23/h7-8,11,13-14,19H,3-6,9-10H2,1-2H3,(H,22,23). The molecule has 1 fully saturated rings. The summed E-state index contributed by atoms with van der Waals surface area (Å²) in [7, 11) is -1.88. The highest BCUT2D eigenvalue weighted by atomic mass is 32.2. The lowest BCUT2D eigenvalue weighted by atomic mass is 9.82. The second kappa shape index (κ2) is 8.89. The molecule has 7 nitrogen and oxygen atoms in total. The van der Waals surface area contributed by atoms with Crippen LogP contribution in [0.15, 0.2) is 21.7 Å². The van der Waals surface area contributed by atoms with Gasteiger partial charge in [-0.05, 0) is 56.6 Å². The molecule has 0 bridgehead atoms. The molecule has 28 heavy (non-hydrogen) atoms. The van der Waals surface area contributed by atoms with E-state index in [1.807, 2.05) is 18.4 Å². The van der Waals surface area contributed by atoms with Gasteiger partial charge in [0.2, 0.25) is 0 Å². The highest BCUT2D eigenvalue weighted by Crippen LogP contribution is 2.34. The van der Waals surface area contributed by atoms with E-state index in [0.29, 0.717) is 29.1 Å². The molecule has 1 saturated carbocycles. The summed E-state index contributed by atoms with van der Waals surface area (Å²) < 4.78 is 27.7. The lowest BCUT2D eigenvalue weighted by Crippen LogP contribution is -2.35. The Morgan fingerprint density at radius 2 is 1.96 bits per heavy atom. The first-order valence-corrected chi connectivity index (χ1v) is 12.3. The van der Waals surface area contributed by atoms with Gasteiger partial charge in [-0.25, -0.2) is 18.2 Å². The van der Waals surface area contributed by atoms with E-state index >= 15 is 0 Å². The molecule has 154 valence electrons. The largest absolute Gasteiger partial charge is 0.465 e. The summed E-state index contributed by atoms with van der Waals surface area (Å²) in [6.45, 7) is 2.90. The number of nitrogens with one attached hydrogen (secondary N) is 1. The van der Waals surface area contributed by atoms with Crippen molar-refractivity contribution in [3.05, 3.63) is 22.5 Å². The van der Waals surface area contributed by atoms with Gasteiger partial charge in [-0.1, -0.05) is 0 Å². The van der Waals surface area contributed by atoms with Crippen molar-refractivity contribution < 1.29 is 18.3 Å². The maximum atomic E-state index is 12.9. The Balaban J connectivity index is 1.57. The molecule has 2 N–H and O–H groups in total. The number of sulfonamides is 1. The van der Waals surface area contributed by atoms with Crippen LogP contribution in [0.2, 0.25) is 0 Å². The van der Waals surface area contributed by atoms with Crippen LogP contribution in [-0.4, -0.2) is 49.0 Å². The summed E-state index contributed by atoms with van der Waals surface area (Å²) in [5.74, 6) is 0.650. The minimum Gasteiger partial charge on any atom is -0.465 e. The third-order valence-electron chi connectivity index (χ3n) is 5.14. The topological polar surface area (TPSA) is 99.6 Å².